The molecule has 14 heavy (non-hydrogen) atoms. The van der Waals surface area contributed by atoms with Gasteiger partial charge < -0.3 is 10.6 Å². The number of hydrazone groups is 1. The molecule has 0 aromatic heterocycles. The molecule has 0 radical (unpaired) electrons. The highest BCUT2D eigenvalue weighted by Gasteiger charge is 1.99. The number of nitrogens with zero attached hydrogens (tertiary/aromatic N) is 1. The first-order chi connectivity index (χ1) is 6.77. The largest absolute Gasteiger partial charge is 0.493 e. The van der Waals surface area contributed by atoms with Gasteiger partial charge in [0.15, 0.2) is 0 Å². The van der Waals surface area contributed by atoms with Crippen molar-refractivity contribution < 1.29 is 4.74 Å². The van der Waals surface area contributed by atoms with E-state index in [0.29, 0.717) is 0 Å². The molecule has 0 saturated carbocycles. The molecule has 0 unspecified atom stereocenters. The number of aryl methyl sites for hydroxylation is 1. The number of ether oxygens (including phenoxy) is 1. The molecule has 0 spiro atoms. The third-order valence-electron chi connectivity index (χ3n) is 1.90. The fourth-order valence-corrected chi connectivity index (χ4v) is 1.15. The third kappa shape index (κ3) is 2.76. The molecule has 0 heterocycles. The van der Waals surface area contributed by atoms with E-state index in [0.717, 1.165) is 29.9 Å². The van der Waals surface area contributed by atoms with Crippen LogP contribution in [-0.2, 0) is 0 Å². The van der Waals surface area contributed by atoms with E-state index in [1.807, 2.05) is 25.1 Å². The van der Waals surface area contributed by atoms with E-state index in [4.69, 9.17) is 10.6 Å². The Bertz CT molecular complexity index is 321. The van der Waals surface area contributed by atoms with Crippen molar-refractivity contribution in [2.24, 2.45) is 10.9 Å². The third-order valence-corrected chi connectivity index (χ3v) is 1.90. The first-order valence-electron chi connectivity index (χ1n) is 4.74. The Balaban J connectivity index is 2.84. The number of hydrogen-bond acceptors (Lipinski definition) is 3. The predicted octanol–water partition coefficient (Wildman–Crippen LogP) is 2.08. The maximum absolute atomic E-state index is 5.57. The molecule has 3 heteroatoms. The van der Waals surface area contributed by atoms with Crippen LogP contribution in [0.25, 0.3) is 0 Å². The standard InChI is InChI=1S/C11H16N2O/c1-3-6-14-11-7-10(8-13-12)5-4-9(11)2/h4-5,7-8H,3,6,12H2,1-2H3. The molecule has 0 saturated heterocycles. The van der Waals surface area contributed by atoms with E-state index in [9.17, 15) is 0 Å². The predicted molar refractivity (Wildman–Crippen MR) is 58.7 cm³/mol. The van der Waals surface area contributed by atoms with Gasteiger partial charge in [-0.3, -0.25) is 0 Å². The van der Waals surface area contributed by atoms with E-state index in [1.54, 1.807) is 6.21 Å². The summed E-state index contributed by atoms with van der Waals surface area (Å²) in [6, 6.07) is 5.91. The smallest absolute Gasteiger partial charge is 0.122 e. The summed E-state index contributed by atoms with van der Waals surface area (Å²) in [5, 5.41) is 3.48. The highest BCUT2D eigenvalue weighted by Crippen LogP contribution is 2.18. The van der Waals surface area contributed by atoms with E-state index in [-0.39, 0.29) is 0 Å². The van der Waals surface area contributed by atoms with Crippen LogP contribution in [0.1, 0.15) is 24.5 Å². The highest BCUT2D eigenvalue weighted by molar-refractivity contribution is 5.80. The van der Waals surface area contributed by atoms with Gasteiger partial charge in [-0.1, -0.05) is 19.1 Å². The lowest BCUT2D eigenvalue weighted by molar-refractivity contribution is 0.315. The zero-order chi connectivity index (χ0) is 10.4. The molecule has 1 aromatic rings. The molecule has 0 fully saturated rings. The van der Waals surface area contributed by atoms with Crippen molar-refractivity contribution in [3.05, 3.63) is 29.3 Å². The minimum Gasteiger partial charge on any atom is -0.493 e. The molecular formula is C11H16N2O. The number of nitrogens with two attached hydrogens (primary N) is 1. The Morgan fingerprint density at radius 1 is 1.50 bits per heavy atom. The van der Waals surface area contributed by atoms with Crippen molar-refractivity contribution in [2.75, 3.05) is 6.61 Å². The van der Waals surface area contributed by atoms with E-state index in [1.165, 1.54) is 0 Å². The summed E-state index contributed by atoms with van der Waals surface area (Å²) in [6.45, 7) is 4.85. The Labute approximate surface area is 84.6 Å². The van der Waals surface area contributed by atoms with Crippen LogP contribution >= 0.6 is 0 Å². The van der Waals surface area contributed by atoms with E-state index >= 15 is 0 Å². The van der Waals surface area contributed by atoms with Gasteiger partial charge in [0.1, 0.15) is 5.75 Å². The van der Waals surface area contributed by atoms with Crippen molar-refractivity contribution in [3.8, 4) is 5.75 Å². The summed E-state index contributed by atoms with van der Waals surface area (Å²) >= 11 is 0. The fourth-order valence-electron chi connectivity index (χ4n) is 1.15. The lowest BCUT2D eigenvalue weighted by Crippen LogP contribution is -1.98. The van der Waals surface area contributed by atoms with Crippen molar-refractivity contribution in [1.82, 2.24) is 0 Å². The summed E-state index contributed by atoms with van der Waals surface area (Å²) in [6.07, 6.45) is 2.62. The van der Waals surface area contributed by atoms with Crippen molar-refractivity contribution in [3.63, 3.8) is 0 Å². The molecule has 0 aliphatic heterocycles. The first-order valence-corrected chi connectivity index (χ1v) is 4.74. The fraction of sp³-hybridized carbons (Fsp3) is 0.364. The molecule has 0 amide bonds. The molecule has 1 aromatic carbocycles. The Hall–Kier alpha value is -1.51. The van der Waals surface area contributed by atoms with E-state index in [2.05, 4.69) is 12.0 Å². The molecular weight excluding hydrogens is 176 g/mol. The van der Waals surface area contributed by atoms with Crippen LogP contribution in [0.5, 0.6) is 5.75 Å². The Morgan fingerprint density at radius 3 is 2.93 bits per heavy atom. The van der Waals surface area contributed by atoms with Crippen molar-refractivity contribution in [2.45, 2.75) is 20.3 Å². The van der Waals surface area contributed by atoms with Gasteiger partial charge in [-0.15, -0.1) is 0 Å². The summed E-state index contributed by atoms with van der Waals surface area (Å²) in [5.41, 5.74) is 2.09. The van der Waals surface area contributed by atoms with Crippen LogP contribution in [0.3, 0.4) is 0 Å². The molecule has 3 nitrogen and oxygen atoms in total. The SMILES string of the molecule is CCCOc1cc(C=NN)ccc1C. The van der Waals surface area contributed by atoms with Crippen LogP contribution in [0.4, 0.5) is 0 Å². The van der Waals surface area contributed by atoms with Crippen LogP contribution in [0.2, 0.25) is 0 Å². The lowest BCUT2D eigenvalue weighted by atomic mass is 10.1. The summed E-state index contributed by atoms with van der Waals surface area (Å²) in [4.78, 5) is 0. The maximum Gasteiger partial charge on any atom is 0.122 e. The number of benzene rings is 1. The van der Waals surface area contributed by atoms with Crippen molar-refractivity contribution >= 4 is 6.21 Å². The second kappa shape index (κ2) is 5.27. The summed E-state index contributed by atoms with van der Waals surface area (Å²) in [7, 11) is 0. The average Bonchev–Trinajstić information content (AvgIpc) is 2.19. The van der Waals surface area contributed by atoms with Gasteiger partial charge in [0.25, 0.3) is 0 Å². The van der Waals surface area contributed by atoms with Crippen LogP contribution in [0.15, 0.2) is 23.3 Å². The van der Waals surface area contributed by atoms with Gasteiger partial charge >= 0.3 is 0 Å². The van der Waals surface area contributed by atoms with Gasteiger partial charge in [0.2, 0.25) is 0 Å². The maximum atomic E-state index is 5.57. The Kier molecular flexibility index (Phi) is 3.98. The van der Waals surface area contributed by atoms with Gasteiger partial charge in [-0.2, -0.15) is 5.10 Å². The van der Waals surface area contributed by atoms with Crippen LogP contribution in [-0.4, -0.2) is 12.8 Å². The first kappa shape index (κ1) is 10.6. The second-order valence-electron chi connectivity index (χ2n) is 3.15. The molecule has 0 aliphatic rings. The van der Waals surface area contributed by atoms with Crippen molar-refractivity contribution in [1.29, 1.82) is 0 Å². The molecule has 0 bridgehead atoms. The van der Waals surface area contributed by atoms with Crippen LogP contribution in [0, 0.1) is 6.92 Å². The summed E-state index contributed by atoms with van der Waals surface area (Å²) < 4.78 is 5.57. The molecule has 0 aliphatic carbocycles. The molecule has 76 valence electrons. The Morgan fingerprint density at radius 2 is 2.29 bits per heavy atom. The second-order valence-corrected chi connectivity index (χ2v) is 3.15. The van der Waals surface area contributed by atoms with Gasteiger partial charge in [0.05, 0.1) is 12.8 Å². The molecule has 1 rings (SSSR count). The van der Waals surface area contributed by atoms with Gasteiger partial charge in [-0.05, 0) is 30.5 Å². The monoisotopic (exact) mass is 192 g/mol. The van der Waals surface area contributed by atoms with Gasteiger partial charge in [-0.25, -0.2) is 0 Å². The topological polar surface area (TPSA) is 47.6 Å². The zero-order valence-electron chi connectivity index (χ0n) is 8.66. The molecule has 0 atom stereocenters. The summed E-state index contributed by atoms with van der Waals surface area (Å²) in [5.74, 6) is 5.98. The molecule has 2 N–H and O–H groups in total. The van der Waals surface area contributed by atoms with Crippen LogP contribution < -0.4 is 10.6 Å². The quantitative estimate of drug-likeness (QED) is 0.451. The number of hydrogen-bond donors (Lipinski definition) is 1. The minimum atomic E-state index is 0.740. The highest BCUT2D eigenvalue weighted by atomic mass is 16.5. The van der Waals surface area contributed by atoms with E-state index < -0.39 is 0 Å². The number of rotatable bonds is 4. The average molecular weight is 192 g/mol. The normalized spacial score (nSPS) is 10.7. The van der Waals surface area contributed by atoms with Gasteiger partial charge in [0, 0.05) is 0 Å². The zero-order valence-corrected chi connectivity index (χ0v) is 8.66. The minimum absolute atomic E-state index is 0.740. The lowest BCUT2D eigenvalue weighted by Gasteiger charge is -2.08.